The van der Waals surface area contributed by atoms with Crippen LogP contribution in [0.1, 0.15) is 6.92 Å². The second-order valence-electron chi connectivity index (χ2n) is 2.28. The first kappa shape index (κ1) is 11.5. The summed E-state index contributed by atoms with van der Waals surface area (Å²) in [5.41, 5.74) is 2.94. The zero-order chi connectivity index (χ0) is 8.65. The summed E-state index contributed by atoms with van der Waals surface area (Å²) in [6, 6.07) is 9.74. The van der Waals surface area contributed by atoms with Gasteiger partial charge in [-0.05, 0) is 31.2 Å². The van der Waals surface area contributed by atoms with E-state index in [2.05, 4.69) is 5.73 Å². The molecule has 0 aliphatic carbocycles. The van der Waals surface area contributed by atoms with Crippen molar-refractivity contribution in [1.29, 1.82) is 0 Å². The topological polar surface area (TPSA) is 40.7 Å². The fourth-order valence-electron chi connectivity index (χ4n) is 0.821. The van der Waals surface area contributed by atoms with Gasteiger partial charge < -0.3 is 10.2 Å². The number of ether oxygens (including phenoxy) is 1. The summed E-state index contributed by atoms with van der Waals surface area (Å²) in [6.45, 7) is 2.51. The third-order valence-electron chi connectivity index (χ3n) is 1.36. The van der Waals surface area contributed by atoms with E-state index in [1.54, 1.807) is 0 Å². The van der Waals surface area contributed by atoms with Gasteiger partial charge in [0.2, 0.25) is 0 Å². The van der Waals surface area contributed by atoms with Gasteiger partial charge in [-0.25, -0.2) is 0 Å². The summed E-state index contributed by atoms with van der Waals surface area (Å²) in [5, 5.41) is 0. The van der Waals surface area contributed by atoms with Crippen molar-refractivity contribution >= 4 is 0 Å². The Balaban J connectivity index is 0.00000144. The van der Waals surface area contributed by atoms with E-state index in [0.29, 0.717) is 6.61 Å². The second-order valence-corrected chi connectivity index (χ2v) is 2.28. The third-order valence-corrected chi connectivity index (χ3v) is 1.36. The highest BCUT2D eigenvalue weighted by molar-refractivity contribution is 5.21. The highest BCUT2D eigenvalue weighted by atomic mass is 16.5. The molecule has 0 spiro atoms. The van der Waals surface area contributed by atoms with E-state index in [1.807, 2.05) is 49.4 Å². The van der Waals surface area contributed by atoms with Crippen LogP contribution in [-0.4, -0.2) is 12.1 Å². The quantitative estimate of drug-likeness (QED) is 0.652. The van der Waals surface area contributed by atoms with E-state index < -0.39 is 0 Å². The van der Waals surface area contributed by atoms with Crippen LogP contribution < -0.4 is 4.74 Å². The Kier molecular flexibility index (Phi) is 6.34. The van der Waals surface area contributed by atoms with Crippen molar-refractivity contribution in [1.82, 2.24) is 0 Å². The van der Waals surface area contributed by atoms with Gasteiger partial charge in [0.05, 0.1) is 0 Å². The molecule has 1 aromatic rings. The summed E-state index contributed by atoms with van der Waals surface area (Å²) in [4.78, 5) is 0. The zero-order valence-electron chi connectivity index (χ0n) is 7.66. The van der Waals surface area contributed by atoms with Gasteiger partial charge in [0.15, 0.2) is 0 Å². The molecule has 0 saturated heterocycles. The number of para-hydroxylation sites is 1. The van der Waals surface area contributed by atoms with Crippen molar-refractivity contribution in [2.45, 2.75) is 6.92 Å². The molecule has 2 N–H and O–H groups in total. The summed E-state index contributed by atoms with van der Waals surface area (Å²) < 4.78 is 5.37. The molecule has 70 valence electrons. The van der Waals surface area contributed by atoms with Gasteiger partial charge in [-0.3, -0.25) is 0 Å². The van der Waals surface area contributed by atoms with E-state index in [9.17, 15) is 0 Å². The Morgan fingerprint density at radius 3 is 2.62 bits per heavy atom. The molecule has 0 bridgehead atoms. The van der Waals surface area contributed by atoms with Crippen LogP contribution in [0.5, 0.6) is 5.75 Å². The molecule has 1 aromatic carbocycles. The van der Waals surface area contributed by atoms with Crippen LogP contribution in [-0.2, 0) is 0 Å². The third kappa shape index (κ3) is 4.86. The van der Waals surface area contributed by atoms with Crippen molar-refractivity contribution in [2.75, 3.05) is 6.61 Å². The Morgan fingerprint density at radius 2 is 2.00 bits per heavy atom. The molecule has 13 heavy (non-hydrogen) atoms. The molecule has 0 atom stereocenters. The monoisotopic (exact) mass is 178 g/mol. The Morgan fingerprint density at radius 1 is 1.31 bits per heavy atom. The average molecular weight is 178 g/mol. The van der Waals surface area contributed by atoms with Crippen LogP contribution in [0.2, 0.25) is 0 Å². The normalized spacial score (nSPS) is 7.77. The first-order valence-electron chi connectivity index (χ1n) is 3.97. The van der Waals surface area contributed by atoms with Gasteiger partial charge in [-0.15, -0.1) is 5.73 Å². The Hall–Kier alpha value is -1.50. The first-order valence-corrected chi connectivity index (χ1v) is 3.97. The number of hydrogen-bond acceptors (Lipinski definition) is 1. The van der Waals surface area contributed by atoms with E-state index in [4.69, 9.17) is 4.74 Å². The van der Waals surface area contributed by atoms with Crippen LogP contribution in [0.4, 0.5) is 0 Å². The van der Waals surface area contributed by atoms with Gasteiger partial charge in [0, 0.05) is 0 Å². The highest BCUT2D eigenvalue weighted by Crippen LogP contribution is 2.07. The second kappa shape index (κ2) is 7.17. The predicted octanol–water partition coefficient (Wildman–Crippen LogP) is 1.97. The van der Waals surface area contributed by atoms with Crippen LogP contribution >= 0.6 is 0 Å². The maximum atomic E-state index is 5.37. The predicted molar refractivity (Wildman–Crippen MR) is 53.9 cm³/mol. The molecule has 0 aliphatic heterocycles. The lowest BCUT2D eigenvalue weighted by Crippen LogP contribution is -1.91. The first-order chi connectivity index (χ1) is 5.93. The van der Waals surface area contributed by atoms with Gasteiger partial charge in [-0.2, -0.15) is 0 Å². The molecule has 0 fully saturated rings. The minimum Gasteiger partial charge on any atom is -0.489 e. The molecular weight excluding hydrogens is 164 g/mol. The number of hydrogen-bond donors (Lipinski definition) is 0. The SMILES string of the molecule is CC=C=CCOc1ccccc1.O. The smallest absolute Gasteiger partial charge is 0.119 e. The maximum absolute atomic E-state index is 5.37. The zero-order valence-corrected chi connectivity index (χ0v) is 7.66. The maximum Gasteiger partial charge on any atom is 0.119 e. The van der Waals surface area contributed by atoms with Gasteiger partial charge >= 0.3 is 0 Å². The van der Waals surface area contributed by atoms with Crippen LogP contribution in [0.3, 0.4) is 0 Å². The van der Waals surface area contributed by atoms with Crippen LogP contribution in [0, 0.1) is 0 Å². The molecule has 0 amide bonds. The summed E-state index contributed by atoms with van der Waals surface area (Å²) in [5.74, 6) is 0.895. The summed E-state index contributed by atoms with van der Waals surface area (Å²) in [7, 11) is 0. The molecule has 0 heterocycles. The van der Waals surface area contributed by atoms with Crippen molar-refractivity contribution in [2.24, 2.45) is 0 Å². The van der Waals surface area contributed by atoms with E-state index in [-0.39, 0.29) is 5.48 Å². The molecule has 0 aromatic heterocycles. The lowest BCUT2D eigenvalue weighted by molar-refractivity contribution is 0.363. The van der Waals surface area contributed by atoms with Gasteiger partial charge in [-0.1, -0.05) is 18.2 Å². The van der Waals surface area contributed by atoms with Gasteiger partial charge in [0.1, 0.15) is 12.4 Å². The molecule has 0 saturated carbocycles. The summed E-state index contributed by atoms with van der Waals surface area (Å²) >= 11 is 0. The average Bonchev–Trinajstić information content (AvgIpc) is 2.14. The fraction of sp³-hybridized carbons (Fsp3) is 0.182. The van der Waals surface area contributed by atoms with E-state index in [0.717, 1.165) is 5.75 Å². The van der Waals surface area contributed by atoms with Crippen LogP contribution in [0.15, 0.2) is 48.2 Å². The minimum absolute atomic E-state index is 0. The van der Waals surface area contributed by atoms with Crippen molar-refractivity contribution in [3.8, 4) is 5.75 Å². The number of rotatable bonds is 3. The van der Waals surface area contributed by atoms with Crippen molar-refractivity contribution in [3.63, 3.8) is 0 Å². The van der Waals surface area contributed by atoms with Gasteiger partial charge in [0.25, 0.3) is 0 Å². The standard InChI is InChI=1S/C11H12O.H2O/c1-2-3-7-10-12-11-8-5-4-6-9-11;/h2,4-9H,10H2,1H3;1H2. The Bertz CT molecular complexity index is 271. The molecule has 0 radical (unpaired) electrons. The molecule has 0 aliphatic rings. The van der Waals surface area contributed by atoms with Crippen molar-refractivity contribution in [3.05, 3.63) is 48.2 Å². The largest absolute Gasteiger partial charge is 0.489 e. The number of benzene rings is 1. The summed E-state index contributed by atoms with van der Waals surface area (Å²) in [6.07, 6.45) is 3.71. The molecule has 2 heteroatoms. The molecular formula is C11H14O2. The lowest BCUT2D eigenvalue weighted by atomic mass is 10.3. The molecule has 2 nitrogen and oxygen atoms in total. The van der Waals surface area contributed by atoms with Crippen LogP contribution in [0.25, 0.3) is 0 Å². The fourth-order valence-corrected chi connectivity index (χ4v) is 0.821. The van der Waals surface area contributed by atoms with Crippen molar-refractivity contribution < 1.29 is 10.2 Å². The Labute approximate surface area is 78.5 Å². The lowest BCUT2D eigenvalue weighted by Gasteiger charge is -1.99. The molecule has 0 unspecified atom stereocenters. The molecule has 1 rings (SSSR count). The van der Waals surface area contributed by atoms with E-state index >= 15 is 0 Å². The highest BCUT2D eigenvalue weighted by Gasteiger charge is 1.85. The van der Waals surface area contributed by atoms with E-state index in [1.165, 1.54) is 0 Å². The minimum atomic E-state index is 0.